The fourth-order valence-electron chi connectivity index (χ4n) is 3.12. The van der Waals surface area contributed by atoms with E-state index in [1.54, 1.807) is 36.5 Å². The highest BCUT2D eigenvalue weighted by atomic mass is 32.2. The number of benzene rings is 2. The van der Waals surface area contributed by atoms with Gasteiger partial charge in [0, 0.05) is 43.3 Å². The first-order valence-corrected chi connectivity index (χ1v) is 11.3. The molecule has 3 rings (SSSR count). The first-order valence-electron chi connectivity index (χ1n) is 9.84. The van der Waals surface area contributed by atoms with Crippen LogP contribution in [-0.4, -0.2) is 45.5 Å². The van der Waals surface area contributed by atoms with Gasteiger partial charge in [-0.05, 0) is 62.5 Å². The Morgan fingerprint density at radius 2 is 1.77 bits per heavy atom. The number of sulfonamides is 1. The first-order chi connectivity index (χ1) is 14.4. The Bertz CT molecular complexity index is 1080. The summed E-state index contributed by atoms with van der Waals surface area (Å²) in [6.45, 7) is 4.58. The zero-order chi connectivity index (χ0) is 21.6. The quantitative estimate of drug-likeness (QED) is 0.550. The first kappa shape index (κ1) is 22.0. The summed E-state index contributed by atoms with van der Waals surface area (Å²) >= 11 is 0. The summed E-state index contributed by atoms with van der Waals surface area (Å²) in [4.78, 5) is 6.84. The molecule has 0 amide bonds. The van der Waals surface area contributed by atoms with Gasteiger partial charge in [0.15, 0.2) is 0 Å². The molecular formula is C23H28N4O2S. The van der Waals surface area contributed by atoms with E-state index in [1.807, 2.05) is 38.4 Å². The number of anilines is 1. The number of hydrogen-bond acceptors (Lipinski definition) is 5. The maximum Gasteiger partial charge on any atom is 0.261 e. The third kappa shape index (κ3) is 5.89. The maximum atomic E-state index is 12.7. The highest BCUT2D eigenvalue weighted by Gasteiger charge is 2.14. The molecular weight excluding hydrogens is 396 g/mol. The Morgan fingerprint density at radius 3 is 2.50 bits per heavy atom. The molecule has 0 saturated carbocycles. The van der Waals surface area contributed by atoms with Gasteiger partial charge in [-0.15, -0.1) is 0 Å². The SMILES string of the molecule is CNCCN(C)Cc1cncc(-c2cccc(NS(=O)(=O)c3ccc(C)cc3)c2)c1. The predicted molar refractivity (Wildman–Crippen MR) is 122 cm³/mol. The molecule has 0 saturated heterocycles. The highest BCUT2D eigenvalue weighted by Crippen LogP contribution is 2.25. The Labute approximate surface area is 179 Å². The summed E-state index contributed by atoms with van der Waals surface area (Å²) in [6.07, 6.45) is 3.66. The Hall–Kier alpha value is -2.74. The molecule has 1 aromatic heterocycles. The second kappa shape index (κ2) is 9.84. The van der Waals surface area contributed by atoms with Gasteiger partial charge in [-0.3, -0.25) is 9.71 Å². The largest absolute Gasteiger partial charge is 0.318 e. The van der Waals surface area contributed by atoms with Crippen LogP contribution in [0.1, 0.15) is 11.1 Å². The number of nitrogens with one attached hydrogen (secondary N) is 2. The molecule has 2 aromatic carbocycles. The standard InChI is InChI=1S/C23H28N4O2S/c1-18-7-9-23(10-8-18)30(28,29)26-22-6-4-5-20(14-22)21-13-19(15-25-16-21)17-27(3)12-11-24-2/h4-10,13-16,24,26H,11-12,17H2,1-3H3. The lowest BCUT2D eigenvalue weighted by Gasteiger charge is -2.16. The molecule has 30 heavy (non-hydrogen) atoms. The fourth-order valence-corrected chi connectivity index (χ4v) is 4.17. The molecule has 0 aliphatic carbocycles. The van der Waals surface area contributed by atoms with E-state index in [4.69, 9.17) is 0 Å². The van der Waals surface area contributed by atoms with Crippen molar-refractivity contribution in [3.8, 4) is 11.1 Å². The molecule has 0 unspecified atom stereocenters. The molecule has 0 aliphatic rings. The van der Waals surface area contributed by atoms with Crippen LogP contribution in [-0.2, 0) is 16.6 Å². The molecule has 1 heterocycles. The molecule has 7 heteroatoms. The monoisotopic (exact) mass is 424 g/mol. The van der Waals surface area contributed by atoms with Gasteiger partial charge in [0.1, 0.15) is 0 Å². The molecule has 158 valence electrons. The summed E-state index contributed by atoms with van der Waals surface area (Å²) in [5.74, 6) is 0. The number of hydrogen-bond donors (Lipinski definition) is 2. The molecule has 0 atom stereocenters. The smallest absolute Gasteiger partial charge is 0.261 e. The summed E-state index contributed by atoms with van der Waals surface area (Å²) in [7, 11) is 0.374. The van der Waals surface area contributed by atoms with E-state index >= 15 is 0 Å². The molecule has 6 nitrogen and oxygen atoms in total. The minimum atomic E-state index is -3.64. The highest BCUT2D eigenvalue weighted by molar-refractivity contribution is 7.92. The average molecular weight is 425 g/mol. The van der Waals surface area contributed by atoms with Crippen LogP contribution >= 0.6 is 0 Å². The van der Waals surface area contributed by atoms with E-state index in [0.717, 1.165) is 41.9 Å². The number of likely N-dealkylation sites (N-methyl/N-ethyl adjacent to an activating group) is 2. The number of rotatable bonds is 9. The summed E-state index contributed by atoms with van der Waals surface area (Å²) < 4.78 is 28.0. The zero-order valence-electron chi connectivity index (χ0n) is 17.6. The van der Waals surface area contributed by atoms with Crippen LogP contribution in [0.15, 0.2) is 71.9 Å². The van der Waals surface area contributed by atoms with Crippen LogP contribution in [0.2, 0.25) is 0 Å². The fraction of sp³-hybridized carbons (Fsp3) is 0.261. The van der Waals surface area contributed by atoms with Crippen LogP contribution in [0.4, 0.5) is 5.69 Å². The lowest BCUT2D eigenvalue weighted by atomic mass is 10.1. The van der Waals surface area contributed by atoms with E-state index in [2.05, 4.69) is 33.0 Å². The summed E-state index contributed by atoms with van der Waals surface area (Å²) in [5, 5.41) is 3.15. The zero-order valence-corrected chi connectivity index (χ0v) is 18.4. The van der Waals surface area contributed by atoms with E-state index < -0.39 is 10.0 Å². The van der Waals surface area contributed by atoms with Gasteiger partial charge >= 0.3 is 0 Å². The molecule has 0 radical (unpaired) electrons. The number of aryl methyl sites for hydroxylation is 1. The minimum absolute atomic E-state index is 0.242. The van der Waals surface area contributed by atoms with Crippen molar-refractivity contribution in [1.82, 2.24) is 15.2 Å². The van der Waals surface area contributed by atoms with Crippen LogP contribution in [0.3, 0.4) is 0 Å². The Balaban J connectivity index is 1.78. The molecule has 2 N–H and O–H groups in total. The van der Waals surface area contributed by atoms with Crippen molar-refractivity contribution in [2.75, 3.05) is 31.9 Å². The lowest BCUT2D eigenvalue weighted by molar-refractivity contribution is 0.328. The van der Waals surface area contributed by atoms with E-state index in [0.29, 0.717) is 5.69 Å². The normalized spacial score (nSPS) is 11.6. The second-order valence-electron chi connectivity index (χ2n) is 7.42. The van der Waals surface area contributed by atoms with Crippen LogP contribution in [0.5, 0.6) is 0 Å². The third-order valence-corrected chi connectivity index (χ3v) is 6.17. The third-order valence-electron chi connectivity index (χ3n) is 4.77. The van der Waals surface area contributed by atoms with Gasteiger partial charge in [0.05, 0.1) is 4.90 Å². The molecule has 0 spiro atoms. The molecule has 0 aliphatic heterocycles. The van der Waals surface area contributed by atoms with Gasteiger partial charge in [0.25, 0.3) is 10.0 Å². The van der Waals surface area contributed by atoms with Crippen molar-refractivity contribution in [2.24, 2.45) is 0 Å². The van der Waals surface area contributed by atoms with Gasteiger partial charge < -0.3 is 10.2 Å². The van der Waals surface area contributed by atoms with Gasteiger partial charge in [-0.25, -0.2) is 8.42 Å². The van der Waals surface area contributed by atoms with Crippen molar-refractivity contribution in [1.29, 1.82) is 0 Å². The van der Waals surface area contributed by atoms with Crippen molar-refractivity contribution < 1.29 is 8.42 Å². The van der Waals surface area contributed by atoms with Crippen molar-refractivity contribution in [3.63, 3.8) is 0 Å². The number of pyridine rings is 1. The Kier molecular flexibility index (Phi) is 7.20. The van der Waals surface area contributed by atoms with Crippen LogP contribution < -0.4 is 10.0 Å². The maximum absolute atomic E-state index is 12.7. The van der Waals surface area contributed by atoms with Crippen LogP contribution in [0, 0.1) is 6.92 Å². The van der Waals surface area contributed by atoms with E-state index in [9.17, 15) is 8.42 Å². The number of aromatic nitrogens is 1. The van der Waals surface area contributed by atoms with E-state index in [-0.39, 0.29) is 4.90 Å². The minimum Gasteiger partial charge on any atom is -0.318 e. The average Bonchev–Trinajstić information content (AvgIpc) is 2.72. The topological polar surface area (TPSA) is 74.3 Å². The Morgan fingerprint density at radius 1 is 1.00 bits per heavy atom. The predicted octanol–water partition coefficient (Wildman–Crippen LogP) is 3.51. The summed E-state index contributed by atoms with van der Waals surface area (Å²) in [5.41, 5.74) is 4.50. The number of nitrogens with zero attached hydrogens (tertiary/aromatic N) is 2. The van der Waals surface area contributed by atoms with Crippen LogP contribution in [0.25, 0.3) is 11.1 Å². The van der Waals surface area contributed by atoms with E-state index in [1.165, 1.54) is 0 Å². The van der Waals surface area contributed by atoms with Crippen molar-refractivity contribution in [3.05, 3.63) is 78.1 Å². The van der Waals surface area contributed by atoms with Crippen molar-refractivity contribution in [2.45, 2.75) is 18.4 Å². The van der Waals surface area contributed by atoms with Gasteiger partial charge in [0.2, 0.25) is 0 Å². The lowest BCUT2D eigenvalue weighted by Crippen LogP contribution is -2.26. The van der Waals surface area contributed by atoms with Gasteiger partial charge in [-0.1, -0.05) is 29.8 Å². The second-order valence-corrected chi connectivity index (χ2v) is 9.10. The summed E-state index contributed by atoms with van der Waals surface area (Å²) in [6, 6.07) is 16.3. The molecule has 0 bridgehead atoms. The molecule has 0 fully saturated rings. The molecule has 3 aromatic rings. The van der Waals surface area contributed by atoms with Crippen molar-refractivity contribution >= 4 is 15.7 Å². The van der Waals surface area contributed by atoms with Gasteiger partial charge in [-0.2, -0.15) is 0 Å².